The fourth-order valence-electron chi connectivity index (χ4n) is 3.12. The van der Waals surface area contributed by atoms with Gasteiger partial charge >= 0.3 is 6.03 Å². The van der Waals surface area contributed by atoms with E-state index in [0.717, 1.165) is 33.7 Å². The number of nitrogens with two attached hydrogens (primary N) is 2. The van der Waals surface area contributed by atoms with Crippen LogP contribution in [0.1, 0.15) is 27.0 Å². The third-order valence-corrected chi connectivity index (χ3v) is 5.31. The van der Waals surface area contributed by atoms with E-state index in [2.05, 4.69) is 5.32 Å². The standard InChI is InChI=1S/C16H17N3O3S/c1-7-8-3-4-10-12(14(17)20)15(19-16(18)21)23-13(10)9(8)5-6-11(7)22-2/h5-6H,3-4H2,1-2H3,(H2,17,20)(H3,18,19,21). The Morgan fingerprint density at radius 3 is 2.52 bits per heavy atom. The molecule has 0 fully saturated rings. The van der Waals surface area contributed by atoms with E-state index in [0.29, 0.717) is 17.0 Å². The molecule has 3 amide bonds. The highest BCUT2D eigenvalue weighted by molar-refractivity contribution is 7.20. The van der Waals surface area contributed by atoms with Gasteiger partial charge < -0.3 is 16.2 Å². The Bertz CT molecular complexity index is 826. The van der Waals surface area contributed by atoms with Crippen LogP contribution in [0.2, 0.25) is 0 Å². The quantitative estimate of drug-likeness (QED) is 0.803. The second-order valence-electron chi connectivity index (χ2n) is 5.39. The van der Waals surface area contributed by atoms with Crippen molar-refractivity contribution in [2.24, 2.45) is 11.5 Å². The number of carbonyl (C=O) groups is 2. The van der Waals surface area contributed by atoms with Crippen LogP contribution in [-0.4, -0.2) is 19.0 Å². The van der Waals surface area contributed by atoms with Crippen LogP contribution in [0.4, 0.5) is 9.80 Å². The Balaban J connectivity index is 2.22. The van der Waals surface area contributed by atoms with E-state index in [9.17, 15) is 9.59 Å². The average molecular weight is 331 g/mol. The molecule has 120 valence electrons. The smallest absolute Gasteiger partial charge is 0.317 e. The lowest BCUT2D eigenvalue weighted by atomic mass is 9.86. The Morgan fingerprint density at radius 2 is 1.91 bits per heavy atom. The summed E-state index contributed by atoms with van der Waals surface area (Å²) in [6.07, 6.45) is 1.48. The molecule has 0 saturated carbocycles. The molecule has 1 aromatic heterocycles. The van der Waals surface area contributed by atoms with Crippen molar-refractivity contribution in [3.8, 4) is 16.2 Å². The van der Waals surface area contributed by atoms with Gasteiger partial charge in [-0.3, -0.25) is 10.1 Å². The van der Waals surface area contributed by atoms with Crippen LogP contribution < -0.4 is 21.5 Å². The number of amides is 3. The topological polar surface area (TPSA) is 107 Å². The molecule has 3 rings (SSSR count). The number of ether oxygens (including phenoxy) is 1. The molecule has 1 heterocycles. The van der Waals surface area contributed by atoms with E-state index >= 15 is 0 Å². The van der Waals surface area contributed by atoms with Crippen LogP contribution in [0, 0.1) is 6.92 Å². The molecule has 0 atom stereocenters. The number of carbonyl (C=O) groups excluding carboxylic acids is 2. The molecule has 23 heavy (non-hydrogen) atoms. The van der Waals surface area contributed by atoms with Gasteiger partial charge in [0.05, 0.1) is 12.7 Å². The van der Waals surface area contributed by atoms with Gasteiger partial charge in [-0.2, -0.15) is 0 Å². The van der Waals surface area contributed by atoms with Crippen LogP contribution in [-0.2, 0) is 12.8 Å². The van der Waals surface area contributed by atoms with E-state index in [4.69, 9.17) is 16.2 Å². The summed E-state index contributed by atoms with van der Waals surface area (Å²) in [6, 6.07) is 3.18. The molecule has 1 aromatic carbocycles. The van der Waals surface area contributed by atoms with E-state index in [1.54, 1.807) is 7.11 Å². The first-order valence-electron chi connectivity index (χ1n) is 7.12. The van der Waals surface area contributed by atoms with Crippen LogP contribution in [0.25, 0.3) is 10.4 Å². The first kappa shape index (κ1) is 15.4. The molecule has 0 bridgehead atoms. The fourth-order valence-corrected chi connectivity index (χ4v) is 4.43. The number of hydrogen-bond donors (Lipinski definition) is 3. The van der Waals surface area contributed by atoms with Gasteiger partial charge in [-0.1, -0.05) is 0 Å². The fraction of sp³-hybridized carbons (Fsp3) is 0.250. The molecule has 0 spiro atoms. The van der Waals surface area contributed by atoms with Crippen molar-refractivity contribution in [3.05, 3.63) is 34.4 Å². The second kappa shape index (κ2) is 5.58. The zero-order chi connectivity index (χ0) is 16.7. The van der Waals surface area contributed by atoms with Crippen LogP contribution in [0.3, 0.4) is 0 Å². The first-order chi connectivity index (χ1) is 10.9. The molecule has 0 unspecified atom stereocenters. The highest BCUT2D eigenvalue weighted by atomic mass is 32.1. The van der Waals surface area contributed by atoms with Crippen molar-refractivity contribution in [2.45, 2.75) is 19.8 Å². The Kier molecular flexibility index (Phi) is 3.73. The number of nitrogens with one attached hydrogen (secondary N) is 1. The number of fused-ring (bicyclic) bond motifs is 3. The third-order valence-electron chi connectivity index (χ3n) is 4.13. The predicted octanol–water partition coefficient (Wildman–Crippen LogP) is 2.42. The van der Waals surface area contributed by atoms with Gasteiger partial charge in [-0.05, 0) is 54.2 Å². The predicted molar refractivity (Wildman–Crippen MR) is 90.2 cm³/mol. The largest absolute Gasteiger partial charge is 0.496 e. The monoisotopic (exact) mass is 331 g/mol. The number of primary amides is 2. The summed E-state index contributed by atoms with van der Waals surface area (Å²) in [5.41, 5.74) is 15.3. The third kappa shape index (κ3) is 2.43. The van der Waals surface area contributed by atoms with Crippen molar-refractivity contribution in [1.82, 2.24) is 0 Å². The van der Waals surface area contributed by atoms with Gasteiger partial charge in [-0.15, -0.1) is 11.3 Å². The minimum absolute atomic E-state index is 0.364. The lowest BCUT2D eigenvalue weighted by Gasteiger charge is -2.20. The van der Waals surface area contributed by atoms with Crippen molar-refractivity contribution in [3.63, 3.8) is 0 Å². The van der Waals surface area contributed by atoms with Gasteiger partial charge in [-0.25, -0.2) is 4.79 Å². The lowest BCUT2D eigenvalue weighted by molar-refractivity contribution is 0.100. The normalized spacial score (nSPS) is 12.3. The zero-order valence-corrected chi connectivity index (χ0v) is 13.7. The molecular weight excluding hydrogens is 314 g/mol. The maximum Gasteiger partial charge on any atom is 0.317 e. The SMILES string of the molecule is COc1ccc2c(c1C)CCc1c-2sc(NC(N)=O)c1C(N)=O. The second-order valence-corrected chi connectivity index (χ2v) is 6.41. The number of benzene rings is 1. The molecule has 0 radical (unpaired) electrons. The molecule has 1 aliphatic carbocycles. The average Bonchev–Trinajstić information content (AvgIpc) is 2.85. The van der Waals surface area contributed by atoms with E-state index in [1.807, 2.05) is 19.1 Å². The summed E-state index contributed by atoms with van der Waals surface area (Å²) in [4.78, 5) is 24.0. The van der Waals surface area contributed by atoms with Gasteiger partial charge in [0.25, 0.3) is 5.91 Å². The number of thiophene rings is 1. The minimum atomic E-state index is -0.711. The Hall–Kier alpha value is -2.54. The molecule has 0 saturated heterocycles. The summed E-state index contributed by atoms with van der Waals surface area (Å²) in [5, 5.41) is 2.93. The van der Waals surface area contributed by atoms with Gasteiger partial charge in [0.15, 0.2) is 0 Å². The molecule has 0 aliphatic heterocycles. The Labute approximate surface area is 137 Å². The van der Waals surface area contributed by atoms with E-state index in [1.165, 1.54) is 16.9 Å². The number of methoxy groups -OCH3 is 1. The van der Waals surface area contributed by atoms with Crippen molar-refractivity contribution in [2.75, 3.05) is 12.4 Å². The molecular formula is C16H17N3O3S. The Morgan fingerprint density at radius 1 is 1.22 bits per heavy atom. The van der Waals surface area contributed by atoms with Gasteiger partial charge in [0.1, 0.15) is 10.8 Å². The molecule has 7 heteroatoms. The molecule has 2 aromatic rings. The summed E-state index contributed by atoms with van der Waals surface area (Å²) >= 11 is 1.33. The van der Waals surface area contributed by atoms with E-state index < -0.39 is 11.9 Å². The highest BCUT2D eigenvalue weighted by Crippen LogP contribution is 2.46. The number of rotatable bonds is 3. The summed E-state index contributed by atoms with van der Waals surface area (Å²) in [7, 11) is 1.65. The molecule has 6 nitrogen and oxygen atoms in total. The summed E-state index contributed by atoms with van der Waals surface area (Å²) in [5.74, 6) is 0.286. The van der Waals surface area contributed by atoms with Gasteiger partial charge in [0.2, 0.25) is 0 Å². The van der Waals surface area contributed by atoms with Crippen molar-refractivity contribution in [1.29, 1.82) is 0 Å². The zero-order valence-electron chi connectivity index (χ0n) is 12.9. The van der Waals surface area contributed by atoms with Crippen LogP contribution in [0.5, 0.6) is 5.75 Å². The summed E-state index contributed by atoms with van der Waals surface area (Å²) in [6.45, 7) is 2.02. The minimum Gasteiger partial charge on any atom is -0.496 e. The number of anilines is 1. The maximum atomic E-state index is 11.8. The van der Waals surface area contributed by atoms with E-state index in [-0.39, 0.29) is 0 Å². The maximum absolute atomic E-state index is 11.8. The molecule has 5 N–H and O–H groups in total. The molecule has 1 aliphatic rings. The highest BCUT2D eigenvalue weighted by Gasteiger charge is 2.28. The van der Waals surface area contributed by atoms with Crippen molar-refractivity contribution < 1.29 is 14.3 Å². The summed E-state index contributed by atoms with van der Waals surface area (Å²) < 4.78 is 5.37. The number of urea groups is 1. The van der Waals surface area contributed by atoms with Crippen LogP contribution in [0.15, 0.2) is 12.1 Å². The van der Waals surface area contributed by atoms with Crippen LogP contribution >= 0.6 is 11.3 Å². The van der Waals surface area contributed by atoms with Crippen molar-refractivity contribution >= 4 is 28.3 Å². The lowest BCUT2D eigenvalue weighted by Crippen LogP contribution is -2.22. The number of hydrogen-bond acceptors (Lipinski definition) is 4. The van der Waals surface area contributed by atoms with Gasteiger partial charge in [0, 0.05) is 4.88 Å². The first-order valence-corrected chi connectivity index (χ1v) is 7.94.